The standard InChI is InChI=1S/C27H34O3/c1-21-12-16-23(17-13-21)26-10-6-4-3-5-9-24(26)20-30-25-18-14-22(15-19-25)8-7-11-27(28)29-2/h12-19H,3-11,20H2,1-2H3. The van der Waals surface area contributed by atoms with Crippen molar-refractivity contribution in [2.75, 3.05) is 13.7 Å². The zero-order valence-corrected chi connectivity index (χ0v) is 18.4. The van der Waals surface area contributed by atoms with Gasteiger partial charge < -0.3 is 9.47 Å². The second-order valence-corrected chi connectivity index (χ2v) is 8.22. The Morgan fingerprint density at radius 2 is 1.60 bits per heavy atom. The first-order valence-corrected chi connectivity index (χ1v) is 11.2. The molecule has 3 rings (SSSR count). The van der Waals surface area contributed by atoms with Crippen LogP contribution in [0.4, 0.5) is 0 Å². The molecule has 0 aromatic heterocycles. The number of hydrogen-bond acceptors (Lipinski definition) is 3. The summed E-state index contributed by atoms with van der Waals surface area (Å²) in [6, 6.07) is 17.2. The fourth-order valence-electron chi connectivity index (χ4n) is 4.05. The van der Waals surface area contributed by atoms with Gasteiger partial charge in [-0.15, -0.1) is 0 Å². The van der Waals surface area contributed by atoms with E-state index in [9.17, 15) is 4.79 Å². The minimum absolute atomic E-state index is 0.146. The number of carbonyl (C=O) groups excluding carboxylic acids is 1. The van der Waals surface area contributed by atoms with Gasteiger partial charge in [0.2, 0.25) is 0 Å². The third-order valence-electron chi connectivity index (χ3n) is 5.89. The second kappa shape index (κ2) is 11.6. The highest BCUT2D eigenvalue weighted by molar-refractivity contribution is 5.69. The van der Waals surface area contributed by atoms with Gasteiger partial charge in [0.1, 0.15) is 12.4 Å². The number of esters is 1. The van der Waals surface area contributed by atoms with E-state index >= 15 is 0 Å². The lowest BCUT2D eigenvalue weighted by Gasteiger charge is -2.20. The van der Waals surface area contributed by atoms with Crippen molar-refractivity contribution >= 4 is 11.5 Å². The highest BCUT2D eigenvalue weighted by Gasteiger charge is 2.13. The Kier molecular flexibility index (Phi) is 8.55. The third kappa shape index (κ3) is 6.76. The molecule has 0 radical (unpaired) electrons. The first-order chi connectivity index (χ1) is 14.7. The summed E-state index contributed by atoms with van der Waals surface area (Å²) in [5.74, 6) is 0.761. The summed E-state index contributed by atoms with van der Waals surface area (Å²) in [4.78, 5) is 11.2. The van der Waals surface area contributed by atoms with Gasteiger partial charge in [-0.1, -0.05) is 54.8 Å². The molecule has 0 saturated carbocycles. The van der Waals surface area contributed by atoms with Crippen molar-refractivity contribution in [3.63, 3.8) is 0 Å². The number of aryl methyl sites for hydroxylation is 2. The molecule has 30 heavy (non-hydrogen) atoms. The quantitative estimate of drug-likeness (QED) is 0.459. The molecule has 2 aromatic carbocycles. The van der Waals surface area contributed by atoms with Crippen LogP contribution in [0.2, 0.25) is 0 Å². The van der Waals surface area contributed by atoms with E-state index in [2.05, 4.69) is 43.3 Å². The summed E-state index contributed by atoms with van der Waals surface area (Å²) in [5.41, 5.74) is 6.79. The predicted molar refractivity (Wildman–Crippen MR) is 123 cm³/mol. The van der Waals surface area contributed by atoms with Gasteiger partial charge in [-0.05, 0) is 79.9 Å². The van der Waals surface area contributed by atoms with Crippen LogP contribution >= 0.6 is 0 Å². The number of ether oxygens (including phenoxy) is 2. The zero-order chi connectivity index (χ0) is 21.2. The van der Waals surface area contributed by atoms with Crippen LogP contribution in [0.15, 0.2) is 54.1 Å². The molecule has 0 amide bonds. The molecule has 0 aliphatic heterocycles. The number of rotatable bonds is 8. The molecule has 0 saturated heterocycles. The SMILES string of the molecule is COC(=O)CCCc1ccc(OCC2=C(c3ccc(C)cc3)CCCCCC2)cc1. The van der Waals surface area contributed by atoms with Crippen molar-refractivity contribution in [2.24, 2.45) is 0 Å². The molecule has 0 fully saturated rings. The van der Waals surface area contributed by atoms with Gasteiger partial charge in [-0.3, -0.25) is 4.79 Å². The Labute approximate surface area is 181 Å². The second-order valence-electron chi connectivity index (χ2n) is 8.22. The molecule has 0 unspecified atom stereocenters. The minimum Gasteiger partial charge on any atom is -0.489 e. The first kappa shape index (κ1) is 22.1. The zero-order valence-electron chi connectivity index (χ0n) is 18.4. The Bertz CT molecular complexity index is 831. The Hall–Kier alpha value is -2.55. The van der Waals surface area contributed by atoms with Crippen LogP contribution in [-0.2, 0) is 16.0 Å². The Morgan fingerprint density at radius 1 is 0.900 bits per heavy atom. The molecule has 3 nitrogen and oxygen atoms in total. The molecule has 1 aliphatic rings. The molecule has 3 heteroatoms. The van der Waals surface area contributed by atoms with Crippen molar-refractivity contribution in [1.82, 2.24) is 0 Å². The maximum atomic E-state index is 11.2. The molecule has 160 valence electrons. The fourth-order valence-corrected chi connectivity index (χ4v) is 4.05. The highest BCUT2D eigenvalue weighted by Crippen LogP contribution is 2.31. The van der Waals surface area contributed by atoms with E-state index in [0.29, 0.717) is 13.0 Å². The fraction of sp³-hybridized carbons (Fsp3) is 0.444. The maximum absolute atomic E-state index is 11.2. The summed E-state index contributed by atoms with van der Waals surface area (Å²) in [6.07, 6.45) is 9.53. The Balaban J connectivity index is 1.64. The van der Waals surface area contributed by atoms with Gasteiger partial charge in [0.25, 0.3) is 0 Å². The van der Waals surface area contributed by atoms with Crippen LogP contribution in [-0.4, -0.2) is 19.7 Å². The molecule has 0 N–H and O–H groups in total. The summed E-state index contributed by atoms with van der Waals surface area (Å²) in [6.45, 7) is 2.80. The molecule has 0 atom stereocenters. The van der Waals surface area contributed by atoms with Crippen LogP contribution in [0.25, 0.3) is 5.57 Å². The van der Waals surface area contributed by atoms with Crippen molar-refractivity contribution in [3.8, 4) is 5.75 Å². The van der Waals surface area contributed by atoms with E-state index < -0.39 is 0 Å². The molecule has 0 spiro atoms. The lowest BCUT2D eigenvalue weighted by molar-refractivity contribution is -0.140. The van der Waals surface area contributed by atoms with Crippen molar-refractivity contribution < 1.29 is 14.3 Å². The predicted octanol–water partition coefficient (Wildman–Crippen LogP) is 6.68. The van der Waals surface area contributed by atoms with E-state index in [4.69, 9.17) is 9.47 Å². The molecule has 1 aliphatic carbocycles. The number of allylic oxidation sites excluding steroid dienone is 1. The van der Waals surface area contributed by atoms with Crippen LogP contribution in [0, 0.1) is 6.92 Å². The molecule has 2 aromatic rings. The van der Waals surface area contributed by atoms with Gasteiger partial charge in [0, 0.05) is 6.42 Å². The van der Waals surface area contributed by atoms with Crippen LogP contribution in [0.1, 0.15) is 68.1 Å². The largest absolute Gasteiger partial charge is 0.489 e. The number of methoxy groups -OCH3 is 1. The van der Waals surface area contributed by atoms with E-state index in [0.717, 1.165) is 31.4 Å². The molecule has 0 heterocycles. The van der Waals surface area contributed by atoms with Gasteiger partial charge in [-0.25, -0.2) is 0 Å². The number of benzene rings is 2. The summed E-state index contributed by atoms with van der Waals surface area (Å²) in [7, 11) is 1.43. The monoisotopic (exact) mass is 406 g/mol. The molecule has 0 bridgehead atoms. The average molecular weight is 407 g/mol. The van der Waals surface area contributed by atoms with E-state index in [-0.39, 0.29) is 5.97 Å². The van der Waals surface area contributed by atoms with Crippen molar-refractivity contribution in [3.05, 3.63) is 70.8 Å². The number of hydrogen-bond donors (Lipinski definition) is 0. The van der Waals surface area contributed by atoms with E-state index in [1.165, 1.54) is 60.6 Å². The maximum Gasteiger partial charge on any atom is 0.305 e. The average Bonchev–Trinajstić information content (AvgIpc) is 2.75. The van der Waals surface area contributed by atoms with Crippen LogP contribution < -0.4 is 4.74 Å². The van der Waals surface area contributed by atoms with Crippen LogP contribution in [0.3, 0.4) is 0 Å². The van der Waals surface area contributed by atoms with Crippen LogP contribution in [0.5, 0.6) is 5.75 Å². The van der Waals surface area contributed by atoms with E-state index in [1.54, 1.807) is 0 Å². The lowest BCUT2D eigenvalue weighted by atomic mass is 9.89. The van der Waals surface area contributed by atoms with Crippen molar-refractivity contribution in [2.45, 2.75) is 64.7 Å². The first-order valence-electron chi connectivity index (χ1n) is 11.2. The summed E-state index contributed by atoms with van der Waals surface area (Å²) < 4.78 is 10.9. The Morgan fingerprint density at radius 3 is 2.30 bits per heavy atom. The van der Waals surface area contributed by atoms with Gasteiger partial charge >= 0.3 is 5.97 Å². The topological polar surface area (TPSA) is 35.5 Å². The van der Waals surface area contributed by atoms with Gasteiger partial charge in [0.05, 0.1) is 7.11 Å². The molecular weight excluding hydrogens is 372 g/mol. The lowest BCUT2D eigenvalue weighted by Crippen LogP contribution is -2.07. The van der Waals surface area contributed by atoms with Gasteiger partial charge in [-0.2, -0.15) is 0 Å². The highest BCUT2D eigenvalue weighted by atomic mass is 16.5. The number of carbonyl (C=O) groups is 1. The minimum atomic E-state index is -0.146. The molecular formula is C27H34O3. The third-order valence-corrected chi connectivity index (χ3v) is 5.89. The smallest absolute Gasteiger partial charge is 0.305 e. The summed E-state index contributed by atoms with van der Waals surface area (Å²) in [5, 5.41) is 0. The van der Waals surface area contributed by atoms with E-state index in [1.807, 2.05) is 12.1 Å². The normalized spacial score (nSPS) is 14.7. The van der Waals surface area contributed by atoms with Crippen molar-refractivity contribution in [1.29, 1.82) is 0 Å². The summed E-state index contributed by atoms with van der Waals surface area (Å²) >= 11 is 0. The van der Waals surface area contributed by atoms with Gasteiger partial charge in [0.15, 0.2) is 0 Å².